The van der Waals surface area contributed by atoms with Gasteiger partial charge < -0.3 is 9.84 Å². The van der Waals surface area contributed by atoms with E-state index in [1.54, 1.807) is 24.3 Å². The van der Waals surface area contributed by atoms with Gasteiger partial charge in [0.15, 0.2) is 0 Å². The van der Waals surface area contributed by atoms with Gasteiger partial charge in [-0.2, -0.15) is 0 Å². The van der Waals surface area contributed by atoms with E-state index < -0.39 is 23.3 Å². The van der Waals surface area contributed by atoms with E-state index in [2.05, 4.69) is 0 Å². The highest BCUT2D eigenvalue weighted by molar-refractivity contribution is 5.90. The fourth-order valence-corrected chi connectivity index (χ4v) is 4.09. The van der Waals surface area contributed by atoms with E-state index in [0.717, 1.165) is 11.6 Å². The number of nitrogens with zero attached hydrogens (tertiary/aromatic N) is 1. The van der Waals surface area contributed by atoms with Gasteiger partial charge in [0.2, 0.25) is 0 Å². The minimum absolute atomic E-state index is 0.0150. The summed E-state index contributed by atoms with van der Waals surface area (Å²) in [6, 6.07) is 19.9. The van der Waals surface area contributed by atoms with Crippen LogP contribution in [0.4, 0.5) is 19.3 Å². The van der Waals surface area contributed by atoms with Crippen LogP contribution in [0.15, 0.2) is 72.8 Å². The smallest absolute Gasteiger partial charge is 0.415 e. The Hall–Kier alpha value is -3.25. The molecule has 1 aliphatic heterocycles. The Kier molecular flexibility index (Phi) is 6.00. The fourth-order valence-electron chi connectivity index (χ4n) is 4.09. The molecule has 4 nitrogen and oxygen atoms in total. The third kappa shape index (κ3) is 4.30. The zero-order valence-corrected chi connectivity index (χ0v) is 16.9. The summed E-state index contributed by atoms with van der Waals surface area (Å²) in [5.74, 6) is -1.30. The minimum atomic E-state index is -0.793. The molecule has 1 heterocycles. The van der Waals surface area contributed by atoms with E-state index in [0.29, 0.717) is 37.1 Å². The number of halogens is 2. The van der Waals surface area contributed by atoms with Gasteiger partial charge in [0.1, 0.15) is 17.2 Å². The predicted molar refractivity (Wildman–Crippen MR) is 115 cm³/mol. The summed E-state index contributed by atoms with van der Waals surface area (Å²) in [6.07, 6.45) is 1.10. The molecule has 0 aromatic heterocycles. The van der Waals surface area contributed by atoms with Gasteiger partial charge in [-0.3, -0.25) is 4.90 Å². The molecule has 4 rings (SSSR count). The quantitative estimate of drug-likeness (QED) is 0.558. The van der Waals surface area contributed by atoms with Crippen LogP contribution in [0.2, 0.25) is 0 Å². The Morgan fingerprint density at radius 1 is 1.00 bits per heavy atom. The van der Waals surface area contributed by atoms with Crippen LogP contribution in [0, 0.1) is 11.6 Å². The first-order chi connectivity index (χ1) is 15.0. The van der Waals surface area contributed by atoms with E-state index in [1.165, 1.54) is 17.0 Å². The van der Waals surface area contributed by atoms with Crippen molar-refractivity contribution in [2.24, 2.45) is 0 Å². The first-order valence-corrected chi connectivity index (χ1v) is 10.2. The number of cyclic esters (lactones) is 1. The maximum absolute atomic E-state index is 14.2. The lowest BCUT2D eigenvalue weighted by Gasteiger charge is -2.41. The molecule has 6 heteroatoms. The molecular weight excluding hydrogens is 400 g/mol. The number of amides is 1. The second kappa shape index (κ2) is 8.86. The first kappa shape index (κ1) is 21.0. The molecule has 1 fully saturated rings. The van der Waals surface area contributed by atoms with Crippen LogP contribution >= 0.6 is 0 Å². The fraction of sp³-hybridized carbons (Fsp3) is 0.240. The maximum atomic E-state index is 14.2. The van der Waals surface area contributed by atoms with Crippen LogP contribution in [0.1, 0.15) is 24.8 Å². The molecule has 0 bridgehead atoms. The Balaban J connectivity index is 1.61. The average molecular weight is 423 g/mol. The second-order valence-corrected chi connectivity index (χ2v) is 7.63. The third-order valence-electron chi connectivity index (χ3n) is 5.68. The summed E-state index contributed by atoms with van der Waals surface area (Å²) in [4.78, 5) is 14.5. The van der Waals surface area contributed by atoms with Crippen molar-refractivity contribution in [1.82, 2.24) is 0 Å². The van der Waals surface area contributed by atoms with Gasteiger partial charge in [0.05, 0.1) is 0 Å². The number of aliphatic hydroxyl groups excluding tert-OH is 1. The van der Waals surface area contributed by atoms with E-state index in [-0.39, 0.29) is 12.2 Å². The van der Waals surface area contributed by atoms with Gasteiger partial charge >= 0.3 is 6.09 Å². The SMILES string of the molecule is O=C1O[C@@](CCCO)(c2ccccc2)CCN1c1cccc(-c2ccc(F)cc2F)c1. The molecular formula is C25H23F2NO3. The summed E-state index contributed by atoms with van der Waals surface area (Å²) in [7, 11) is 0. The number of anilines is 1. The lowest BCUT2D eigenvalue weighted by molar-refractivity contribution is -0.0197. The second-order valence-electron chi connectivity index (χ2n) is 7.63. The topological polar surface area (TPSA) is 49.8 Å². The minimum Gasteiger partial charge on any atom is -0.438 e. The maximum Gasteiger partial charge on any atom is 0.415 e. The number of carbonyl (C=O) groups is 1. The largest absolute Gasteiger partial charge is 0.438 e. The third-order valence-corrected chi connectivity index (χ3v) is 5.68. The Labute approximate surface area is 179 Å². The van der Waals surface area contributed by atoms with E-state index in [9.17, 15) is 18.7 Å². The number of carbonyl (C=O) groups excluding carboxylic acids is 1. The highest BCUT2D eigenvalue weighted by Crippen LogP contribution is 2.40. The summed E-state index contributed by atoms with van der Waals surface area (Å²) < 4.78 is 33.5. The van der Waals surface area contributed by atoms with Gasteiger partial charge in [-0.25, -0.2) is 13.6 Å². The summed E-state index contributed by atoms with van der Waals surface area (Å²) in [5.41, 5.74) is 1.49. The molecule has 0 radical (unpaired) electrons. The summed E-state index contributed by atoms with van der Waals surface area (Å²) in [5, 5.41) is 9.33. The van der Waals surface area contributed by atoms with Crippen molar-refractivity contribution >= 4 is 11.8 Å². The summed E-state index contributed by atoms with van der Waals surface area (Å²) >= 11 is 0. The number of benzene rings is 3. The van der Waals surface area contributed by atoms with Crippen molar-refractivity contribution in [2.45, 2.75) is 24.9 Å². The zero-order valence-electron chi connectivity index (χ0n) is 16.9. The molecule has 160 valence electrons. The van der Waals surface area contributed by atoms with Gasteiger partial charge in [-0.1, -0.05) is 42.5 Å². The average Bonchev–Trinajstić information content (AvgIpc) is 2.78. The molecule has 1 amide bonds. The number of ether oxygens (including phenoxy) is 1. The van der Waals surface area contributed by atoms with Crippen LogP contribution in [-0.2, 0) is 10.3 Å². The van der Waals surface area contributed by atoms with Crippen LogP contribution in [-0.4, -0.2) is 24.4 Å². The van der Waals surface area contributed by atoms with Gasteiger partial charge in [0.25, 0.3) is 0 Å². The van der Waals surface area contributed by atoms with Crippen LogP contribution < -0.4 is 4.90 Å². The van der Waals surface area contributed by atoms with Crippen molar-refractivity contribution < 1.29 is 23.4 Å². The molecule has 0 saturated carbocycles. The Morgan fingerprint density at radius 3 is 2.52 bits per heavy atom. The van der Waals surface area contributed by atoms with Gasteiger partial charge in [-0.05, 0) is 48.2 Å². The Bertz CT molecular complexity index is 1070. The number of hydrogen-bond acceptors (Lipinski definition) is 3. The van der Waals surface area contributed by atoms with Gasteiger partial charge in [-0.15, -0.1) is 0 Å². The number of hydrogen-bond donors (Lipinski definition) is 1. The highest BCUT2D eigenvalue weighted by Gasteiger charge is 2.42. The molecule has 1 saturated heterocycles. The van der Waals surface area contributed by atoms with E-state index >= 15 is 0 Å². The van der Waals surface area contributed by atoms with Gasteiger partial charge in [0, 0.05) is 36.9 Å². The van der Waals surface area contributed by atoms with Crippen LogP contribution in [0.5, 0.6) is 0 Å². The van der Waals surface area contributed by atoms with Crippen molar-refractivity contribution in [3.63, 3.8) is 0 Å². The molecule has 0 spiro atoms. The van der Waals surface area contributed by atoms with Crippen LogP contribution in [0.25, 0.3) is 11.1 Å². The molecule has 31 heavy (non-hydrogen) atoms. The number of aliphatic hydroxyl groups is 1. The normalized spacial score (nSPS) is 18.7. The molecule has 3 aromatic carbocycles. The van der Waals surface area contributed by atoms with E-state index in [1.807, 2.05) is 30.3 Å². The first-order valence-electron chi connectivity index (χ1n) is 10.2. The Morgan fingerprint density at radius 2 is 1.81 bits per heavy atom. The lowest BCUT2D eigenvalue weighted by Crippen LogP contribution is -2.48. The molecule has 1 N–H and O–H groups in total. The zero-order chi connectivity index (χ0) is 21.8. The van der Waals surface area contributed by atoms with Crippen molar-refractivity contribution in [2.75, 3.05) is 18.1 Å². The molecule has 0 aliphatic carbocycles. The monoisotopic (exact) mass is 423 g/mol. The lowest BCUT2D eigenvalue weighted by atomic mass is 9.84. The van der Waals surface area contributed by atoms with Crippen LogP contribution in [0.3, 0.4) is 0 Å². The molecule has 1 atom stereocenters. The van der Waals surface area contributed by atoms with E-state index in [4.69, 9.17) is 4.74 Å². The molecule has 0 unspecified atom stereocenters. The van der Waals surface area contributed by atoms with Crippen molar-refractivity contribution in [1.29, 1.82) is 0 Å². The summed E-state index contributed by atoms with van der Waals surface area (Å²) in [6.45, 7) is 0.426. The molecule has 3 aromatic rings. The number of rotatable bonds is 6. The predicted octanol–water partition coefficient (Wildman–Crippen LogP) is 5.65. The van der Waals surface area contributed by atoms with Crippen molar-refractivity contribution in [3.05, 3.63) is 90.0 Å². The van der Waals surface area contributed by atoms with Crippen molar-refractivity contribution in [3.8, 4) is 11.1 Å². The highest BCUT2D eigenvalue weighted by atomic mass is 19.1. The standard InChI is InChI=1S/C25H23F2NO3/c26-20-10-11-22(23(27)17-20)18-6-4-9-21(16-18)28-14-13-25(12-5-15-29,31-24(28)30)19-7-2-1-3-8-19/h1-4,6-11,16-17,29H,5,12-15H2/t25-/m1/s1. The molecule has 1 aliphatic rings.